The van der Waals surface area contributed by atoms with Crippen LogP contribution in [-0.2, 0) is 6.42 Å². The third-order valence-electron chi connectivity index (χ3n) is 5.09. The van der Waals surface area contributed by atoms with Gasteiger partial charge in [-0.3, -0.25) is 9.59 Å². The summed E-state index contributed by atoms with van der Waals surface area (Å²) in [5, 5.41) is 21.9. The summed E-state index contributed by atoms with van der Waals surface area (Å²) in [6.07, 6.45) is 0.232. The quantitative estimate of drug-likeness (QED) is 0.544. The van der Waals surface area contributed by atoms with E-state index >= 15 is 0 Å². The number of rotatable bonds is 10. The molecule has 168 valence electrons. The van der Waals surface area contributed by atoms with Gasteiger partial charge in [-0.15, -0.1) is 0 Å². The van der Waals surface area contributed by atoms with E-state index in [1.54, 1.807) is 13.8 Å². The Hall–Kier alpha value is -3.42. The Bertz CT molecular complexity index is 915. The van der Waals surface area contributed by atoms with Gasteiger partial charge in [0.1, 0.15) is 45.6 Å². The highest BCUT2D eigenvalue weighted by molar-refractivity contribution is 6.03. The number of carbonyl (C=O) groups excluding carboxylic acids is 2. The van der Waals surface area contributed by atoms with Gasteiger partial charge in [0.25, 0.3) is 0 Å². The third-order valence-corrected chi connectivity index (χ3v) is 5.09. The van der Waals surface area contributed by atoms with Gasteiger partial charge in [0, 0.05) is 42.5 Å². The molecule has 31 heavy (non-hydrogen) atoms. The lowest BCUT2D eigenvalue weighted by atomic mass is 9.93. The Kier molecular flexibility index (Phi) is 7.74. The molecule has 8 heteroatoms. The van der Waals surface area contributed by atoms with E-state index in [-0.39, 0.29) is 87.6 Å². The lowest BCUT2D eigenvalue weighted by molar-refractivity contribution is 0.0973. The number of carbonyl (C=O) groups is 2. The highest BCUT2D eigenvalue weighted by Gasteiger charge is 2.28. The molecule has 0 spiro atoms. The maximum atomic E-state index is 12.5. The minimum Gasteiger partial charge on any atom is -0.507 e. The molecule has 0 bridgehead atoms. The summed E-state index contributed by atoms with van der Waals surface area (Å²) in [6.45, 7) is 3.35. The van der Waals surface area contributed by atoms with E-state index < -0.39 is 0 Å². The zero-order chi connectivity index (χ0) is 23.3. The van der Waals surface area contributed by atoms with Crippen LogP contribution >= 0.6 is 0 Å². The highest BCUT2D eigenvalue weighted by Crippen LogP contribution is 2.45. The predicted octanol–water partition coefficient (Wildman–Crippen LogP) is 3.91. The maximum Gasteiger partial charge on any atom is 0.170 e. The Morgan fingerprint density at radius 2 is 1.00 bits per heavy atom. The van der Waals surface area contributed by atoms with Crippen LogP contribution in [-0.4, -0.2) is 50.2 Å². The van der Waals surface area contributed by atoms with Gasteiger partial charge in [-0.1, -0.05) is 13.8 Å². The maximum absolute atomic E-state index is 12.5. The number of phenolic OH excluding ortho intramolecular Hbond substituents is 2. The fourth-order valence-electron chi connectivity index (χ4n) is 3.42. The van der Waals surface area contributed by atoms with E-state index in [9.17, 15) is 19.8 Å². The second kappa shape index (κ2) is 10.1. The normalized spacial score (nSPS) is 10.5. The first kappa shape index (κ1) is 23.9. The van der Waals surface area contributed by atoms with Gasteiger partial charge in [0.2, 0.25) is 0 Å². The highest BCUT2D eigenvalue weighted by atomic mass is 16.5. The van der Waals surface area contributed by atoms with Crippen molar-refractivity contribution in [2.45, 2.75) is 33.1 Å². The van der Waals surface area contributed by atoms with Crippen LogP contribution in [0.4, 0.5) is 0 Å². The SMILES string of the molecule is CCC(=O)c1c(OC)cc(OC)c(Cc2c(OC)cc(OC)c(C(=O)CC)c2O)c1O. The molecule has 0 saturated carbocycles. The standard InChI is InChI=1S/C23H28O8/c1-7-14(24)20-18(30-5)10-16(28-3)12(22(20)26)9-13-17(29-4)11-19(31-6)21(23(13)27)15(25)8-2/h10-11,26-27H,7-9H2,1-6H3. The van der Waals surface area contributed by atoms with E-state index in [2.05, 4.69) is 0 Å². The number of methoxy groups -OCH3 is 4. The lowest BCUT2D eigenvalue weighted by Gasteiger charge is -2.20. The van der Waals surface area contributed by atoms with Crippen LogP contribution in [0.2, 0.25) is 0 Å². The molecule has 0 aliphatic carbocycles. The number of ether oxygens (including phenoxy) is 4. The number of ketones is 2. The van der Waals surface area contributed by atoms with Gasteiger partial charge in [0.15, 0.2) is 11.6 Å². The van der Waals surface area contributed by atoms with Gasteiger partial charge in [0.05, 0.1) is 28.4 Å². The molecular weight excluding hydrogens is 404 g/mol. The molecule has 0 amide bonds. The summed E-state index contributed by atoms with van der Waals surface area (Å²) in [5.41, 5.74) is 0.540. The molecule has 0 aliphatic rings. The van der Waals surface area contributed by atoms with Crippen molar-refractivity contribution >= 4 is 11.6 Å². The van der Waals surface area contributed by atoms with Gasteiger partial charge >= 0.3 is 0 Å². The van der Waals surface area contributed by atoms with Crippen molar-refractivity contribution < 1.29 is 38.7 Å². The summed E-state index contributed by atoms with van der Waals surface area (Å²) in [4.78, 5) is 24.9. The summed E-state index contributed by atoms with van der Waals surface area (Å²) in [5.74, 6) is -0.398. The molecule has 0 aromatic heterocycles. The van der Waals surface area contributed by atoms with Crippen molar-refractivity contribution in [3.63, 3.8) is 0 Å². The topological polar surface area (TPSA) is 112 Å². The van der Waals surface area contributed by atoms with Crippen molar-refractivity contribution in [1.82, 2.24) is 0 Å². The minimum atomic E-state index is -0.316. The molecule has 0 unspecified atom stereocenters. The fraction of sp³-hybridized carbons (Fsp3) is 0.391. The van der Waals surface area contributed by atoms with Gasteiger partial charge in [-0.05, 0) is 0 Å². The molecule has 0 heterocycles. The molecule has 8 nitrogen and oxygen atoms in total. The molecule has 2 rings (SSSR count). The molecule has 0 aliphatic heterocycles. The van der Waals surface area contributed by atoms with Crippen LogP contribution in [0.5, 0.6) is 34.5 Å². The number of phenols is 2. The number of Topliss-reactive ketones (excluding diaryl/α,β-unsaturated/α-hetero) is 2. The summed E-state index contributed by atoms with van der Waals surface area (Å²) < 4.78 is 21.3. The largest absolute Gasteiger partial charge is 0.507 e. The number of hydrogen-bond acceptors (Lipinski definition) is 8. The first-order chi connectivity index (χ1) is 14.8. The van der Waals surface area contributed by atoms with Crippen molar-refractivity contribution in [2.75, 3.05) is 28.4 Å². The summed E-state index contributed by atoms with van der Waals surface area (Å²) in [7, 11) is 5.61. The number of hydrogen-bond donors (Lipinski definition) is 2. The zero-order valence-corrected chi connectivity index (χ0v) is 18.6. The fourth-order valence-corrected chi connectivity index (χ4v) is 3.42. The number of benzene rings is 2. The average Bonchev–Trinajstić information content (AvgIpc) is 2.79. The zero-order valence-electron chi connectivity index (χ0n) is 18.6. The van der Waals surface area contributed by atoms with Crippen LogP contribution in [0.3, 0.4) is 0 Å². The monoisotopic (exact) mass is 432 g/mol. The summed E-state index contributed by atoms with van der Waals surface area (Å²) in [6, 6.07) is 3.01. The van der Waals surface area contributed by atoms with Gasteiger partial charge in [-0.2, -0.15) is 0 Å². The van der Waals surface area contributed by atoms with Crippen molar-refractivity contribution in [1.29, 1.82) is 0 Å². The molecule has 2 aromatic carbocycles. The molecule has 0 fully saturated rings. The Morgan fingerprint density at radius 3 is 1.26 bits per heavy atom. The average molecular weight is 432 g/mol. The molecular formula is C23H28O8. The lowest BCUT2D eigenvalue weighted by Crippen LogP contribution is -2.08. The Labute approximate surface area is 181 Å². The van der Waals surface area contributed by atoms with E-state index in [0.717, 1.165) is 0 Å². The van der Waals surface area contributed by atoms with Crippen molar-refractivity contribution in [2.24, 2.45) is 0 Å². The molecule has 2 N–H and O–H groups in total. The minimum absolute atomic E-state index is 0.0256. The second-order valence-corrected chi connectivity index (χ2v) is 6.70. The van der Waals surface area contributed by atoms with Crippen LogP contribution in [0.1, 0.15) is 58.5 Å². The third kappa shape index (κ3) is 4.38. The van der Waals surface area contributed by atoms with Crippen LogP contribution < -0.4 is 18.9 Å². The Balaban J connectivity index is 2.81. The smallest absolute Gasteiger partial charge is 0.170 e. The first-order valence-electron chi connectivity index (χ1n) is 9.79. The van der Waals surface area contributed by atoms with E-state index in [1.165, 1.54) is 40.6 Å². The van der Waals surface area contributed by atoms with Crippen LogP contribution in [0.25, 0.3) is 0 Å². The van der Waals surface area contributed by atoms with Gasteiger partial charge in [-0.25, -0.2) is 0 Å². The van der Waals surface area contributed by atoms with E-state index in [1.807, 2.05) is 0 Å². The number of aromatic hydroxyl groups is 2. The Morgan fingerprint density at radius 1 is 0.677 bits per heavy atom. The van der Waals surface area contributed by atoms with Crippen molar-refractivity contribution in [3.8, 4) is 34.5 Å². The van der Waals surface area contributed by atoms with E-state index in [4.69, 9.17) is 18.9 Å². The van der Waals surface area contributed by atoms with E-state index in [0.29, 0.717) is 0 Å². The van der Waals surface area contributed by atoms with Crippen LogP contribution in [0, 0.1) is 0 Å². The molecule has 0 radical (unpaired) electrons. The second-order valence-electron chi connectivity index (χ2n) is 6.70. The molecule has 2 aromatic rings. The van der Waals surface area contributed by atoms with Crippen molar-refractivity contribution in [3.05, 3.63) is 34.4 Å². The molecule has 0 atom stereocenters. The van der Waals surface area contributed by atoms with Crippen LogP contribution in [0.15, 0.2) is 12.1 Å². The first-order valence-corrected chi connectivity index (χ1v) is 9.79. The van der Waals surface area contributed by atoms with Gasteiger partial charge < -0.3 is 29.2 Å². The summed E-state index contributed by atoms with van der Waals surface area (Å²) >= 11 is 0. The molecule has 0 saturated heterocycles. The predicted molar refractivity (Wildman–Crippen MR) is 114 cm³/mol.